The highest BCUT2D eigenvalue weighted by atomic mass is 32.1. The van der Waals surface area contributed by atoms with Gasteiger partial charge in [-0.2, -0.15) is 0 Å². The average Bonchev–Trinajstić information content (AvgIpc) is 3.48. The summed E-state index contributed by atoms with van der Waals surface area (Å²) in [5.74, 6) is -0.149. The molecule has 4 heterocycles. The Hall–Kier alpha value is -3.98. The highest BCUT2D eigenvalue weighted by Gasteiger charge is 2.46. The molecule has 4 aromatic rings. The van der Waals surface area contributed by atoms with Crippen LogP contribution in [0.2, 0.25) is 0 Å². The van der Waals surface area contributed by atoms with E-state index >= 15 is 0 Å². The first-order valence-corrected chi connectivity index (χ1v) is 10.9. The summed E-state index contributed by atoms with van der Waals surface area (Å²) in [5, 5.41) is 0.597. The third-order valence-corrected chi connectivity index (χ3v) is 6.45. The van der Waals surface area contributed by atoms with Gasteiger partial charge in [-0.25, -0.2) is 9.78 Å². The predicted molar refractivity (Wildman–Crippen MR) is 122 cm³/mol. The lowest BCUT2D eigenvalue weighted by atomic mass is 10.0. The number of benzene rings is 1. The number of carbonyl (C=O) groups is 2. The molecule has 0 aliphatic carbocycles. The normalized spacial score (nSPS) is 15.2. The van der Waals surface area contributed by atoms with E-state index in [9.17, 15) is 14.4 Å². The number of para-hydroxylation sites is 1. The number of fused-ring (bicyclic) bond motifs is 2. The van der Waals surface area contributed by atoms with Gasteiger partial charge in [0.2, 0.25) is 5.76 Å². The number of amides is 1. The second-order valence-electron chi connectivity index (χ2n) is 7.49. The molecule has 0 saturated carbocycles. The van der Waals surface area contributed by atoms with Crippen molar-refractivity contribution in [2.24, 2.45) is 0 Å². The Kier molecular flexibility index (Phi) is 4.98. The Morgan fingerprint density at radius 1 is 1.21 bits per heavy atom. The molecule has 166 valence electrons. The molecule has 1 aliphatic rings. The van der Waals surface area contributed by atoms with Gasteiger partial charge in [-0.3, -0.25) is 14.5 Å². The van der Waals surface area contributed by atoms with Crippen LogP contribution >= 0.6 is 11.3 Å². The summed E-state index contributed by atoms with van der Waals surface area (Å²) in [5.41, 5.74) is 0.582. The predicted octanol–water partition coefficient (Wildman–Crippen LogP) is 4.55. The fourth-order valence-electron chi connectivity index (χ4n) is 3.86. The van der Waals surface area contributed by atoms with Crippen LogP contribution in [0.3, 0.4) is 0 Å². The Labute approximate surface area is 191 Å². The maximum Gasteiger partial charge on any atom is 0.350 e. The van der Waals surface area contributed by atoms with Crippen LogP contribution in [-0.2, 0) is 4.74 Å². The lowest BCUT2D eigenvalue weighted by molar-refractivity contribution is 0.0554. The molecule has 3 aromatic heterocycles. The van der Waals surface area contributed by atoms with Gasteiger partial charge in [-0.05, 0) is 38.1 Å². The molecule has 33 heavy (non-hydrogen) atoms. The number of esters is 1. The molecule has 0 saturated heterocycles. The molecule has 0 unspecified atom stereocenters. The zero-order valence-corrected chi connectivity index (χ0v) is 18.6. The van der Waals surface area contributed by atoms with Gasteiger partial charge in [0.1, 0.15) is 34.6 Å². The first-order valence-electron chi connectivity index (χ1n) is 10.1. The number of rotatable bonds is 5. The van der Waals surface area contributed by atoms with Crippen molar-refractivity contribution in [3.05, 3.63) is 92.7 Å². The first kappa shape index (κ1) is 20.9. The van der Waals surface area contributed by atoms with Crippen molar-refractivity contribution >= 4 is 39.3 Å². The maximum atomic E-state index is 13.5. The van der Waals surface area contributed by atoms with Gasteiger partial charge in [0.15, 0.2) is 10.6 Å². The van der Waals surface area contributed by atoms with Crippen LogP contribution in [0.25, 0.3) is 11.0 Å². The van der Waals surface area contributed by atoms with Crippen molar-refractivity contribution in [3.8, 4) is 0 Å². The summed E-state index contributed by atoms with van der Waals surface area (Å²) in [6, 6.07) is 9.34. The minimum Gasteiger partial charge on any atom is -0.464 e. The molecule has 1 aliphatic heterocycles. The molecule has 5 rings (SSSR count). The van der Waals surface area contributed by atoms with E-state index in [2.05, 4.69) is 11.6 Å². The SMILES string of the molecule is C=CCOC(=O)c1sc(N2C(=O)c3oc4ccccc4c(=O)c3[C@H]2c2ccc(C)o2)nc1C. The fraction of sp³-hybridized carbons (Fsp3) is 0.167. The maximum absolute atomic E-state index is 13.5. The number of hydrogen-bond donors (Lipinski definition) is 0. The van der Waals surface area contributed by atoms with Crippen molar-refractivity contribution in [3.63, 3.8) is 0 Å². The molecule has 0 spiro atoms. The first-order chi connectivity index (χ1) is 15.9. The quantitative estimate of drug-likeness (QED) is 0.317. The number of hydrogen-bond acceptors (Lipinski definition) is 8. The van der Waals surface area contributed by atoms with E-state index in [0.29, 0.717) is 28.2 Å². The van der Waals surface area contributed by atoms with Gasteiger partial charge in [0, 0.05) is 0 Å². The zero-order valence-electron chi connectivity index (χ0n) is 17.8. The monoisotopic (exact) mass is 462 g/mol. The third-order valence-electron chi connectivity index (χ3n) is 5.32. The second-order valence-corrected chi connectivity index (χ2v) is 8.47. The number of furan rings is 1. The number of nitrogens with zero attached hydrogens (tertiary/aromatic N) is 2. The smallest absolute Gasteiger partial charge is 0.350 e. The van der Waals surface area contributed by atoms with Gasteiger partial charge >= 0.3 is 5.97 Å². The van der Waals surface area contributed by atoms with Crippen molar-refractivity contribution < 1.29 is 23.2 Å². The van der Waals surface area contributed by atoms with Crippen LogP contribution in [0.1, 0.15) is 49.0 Å². The fourth-order valence-corrected chi connectivity index (χ4v) is 4.85. The summed E-state index contributed by atoms with van der Waals surface area (Å²) in [7, 11) is 0. The van der Waals surface area contributed by atoms with E-state index in [1.54, 1.807) is 50.2 Å². The molecular weight excluding hydrogens is 444 g/mol. The number of carbonyl (C=O) groups excluding carboxylic acids is 2. The van der Waals surface area contributed by atoms with Crippen LogP contribution in [0, 0.1) is 13.8 Å². The van der Waals surface area contributed by atoms with E-state index in [1.165, 1.54) is 11.0 Å². The molecule has 1 amide bonds. The number of ether oxygens (including phenoxy) is 1. The van der Waals surface area contributed by atoms with E-state index in [-0.39, 0.29) is 33.4 Å². The van der Waals surface area contributed by atoms with Crippen LogP contribution in [-0.4, -0.2) is 23.5 Å². The summed E-state index contributed by atoms with van der Waals surface area (Å²) < 4.78 is 16.8. The molecule has 0 radical (unpaired) electrons. The molecular formula is C24H18N2O6S. The molecule has 0 bridgehead atoms. The molecule has 0 fully saturated rings. The van der Waals surface area contributed by atoms with Gasteiger partial charge in [0.25, 0.3) is 5.91 Å². The zero-order chi connectivity index (χ0) is 23.3. The second kappa shape index (κ2) is 7.86. The van der Waals surface area contributed by atoms with Crippen molar-refractivity contribution in [2.75, 3.05) is 11.5 Å². The lowest BCUT2D eigenvalue weighted by Crippen LogP contribution is -2.29. The Morgan fingerprint density at radius 3 is 2.73 bits per heavy atom. The number of aromatic nitrogens is 1. The summed E-state index contributed by atoms with van der Waals surface area (Å²) in [4.78, 5) is 45.5. The van der Waals surface area contributed by atoms with Crippen molar-refractivity contribution in [2.45, 2.75) is 19.9 Å². The number of thiazole rings is 1. The van der Waals surface area contributed by atoms with E-state index in [1.807, 2.05) is 0 Å². The number of aryl methyl sites for hydroxylation is 2. The van der Waals surface area contributed by atoms with E-state index < -0.39 is 17.9 Å². The van der Waals surface area contributed by atoms with Gasteiger partial charge in [-0.15, -0.1) is 0 Å². The van der Waals surface area contributed by atoms with E-state index in [4.69, 9.17) is 13.6 Å². The van der Waals surface area contributed by atoms with Crippen LogP contribution in [0.5, 0.6) is 0 Å². The third kappa shape index (κ3) is 3.28. The van der Waals surface area contributed by atoms with Crippen LogP contribution in [0.15, 0.2) is 62.7 Å². The molecule has 1 aromatic carbocycles. The van der Waals surface area contributed by atoms with E-state index in [0.717, 1.165) is 11.3 Å². The van der Waals surface area contributed by atoms with Crippen LogP contribution < -0.4 is 10.3 Å². The molecule has 1 atom stereocenters. The van der Waals surface area contributed by atoms with Crippen molar-refractivity contribution in [1.82, 2.24) is 4.98 Å². The van der Waals surface area contributed by atoms with Crippen LogP contribution in [0.4, 0.5) is 5.13 Å². The summed E-state index contributed by atoms with van der Waals surface area (Å²) in [6.07, 6.45) is 1.47. The topological polar surface area (TPSA) is 103 Å². The van der Waals surface area contributed by atoms with Gasteiger partial charge in [-0.1, -0.05) is 36.1 Å². The lowest BCUT2D eigenvalue weighted by Gasteiger charge is -2.20. The summed E-state index contributed by atoms with van der Waals surface area (Å²) in [6.45, 7) is 7.02. The Morgan fingerprint density at radius 2 is 2.00 bits per heavy atom. The number of anilines is 1. The Bertz CT molecular complexity index is 1490. The van der Waals surface area contributed by atoms with Gasteiger partial charge in [0.05, 0.1) is 16.6 Å². The van der Waals surface area contributed by atoms with Gasteiger partial charge < -0.3 is 13.6 Å². The molecule has 8 nitrogen and oxygen atoms in total. The standard InChI is InChI=1S/C24H18N2O6S/c1-4-11-30-23(29)21-13(3)25-24(33-21)26-18(16-10-9-12(2)31-16)17-19(27)14-7-5-6-8-15(14)32-20(17)22(26)28/h4-10,18H,1,11H2,2-3H3/t18-/m1/s1. The highest BCUT2D eigenvalue weighted by molar-refractivity contribution is 7.17. The van der Waals surface area contributed by atoms with Crippen molar-refractivity contribution in [1.29, 1.82) is 0 Å². The summed E-state index contributed by atoms with van der Waals surface area (Å²) >= 11 is 1.00. The average molecular weight is 462 g/mol. The molecule has 9 heteroatoms. The largest absolute Gasteiger partial charge is 0.464 e. The minimum atomic E-state index is -0.885. The Balaban J connectivity index is 1.70. The molecule has 0 N–H and O–H groups in total. The minimum absolute atomic E-state index is 0.0545. The highest BCUT2D eigenvalue weighted by Crippen LogP contribution is 2.43.